The third-order valence-corrected chi connectivity index (χ3v) is 4.13. The van der Waals surface area contributed by atoms with Gasteiger partial charge in [-0.25, -0.2) is 9.97 Å². The van der Waals surface area contributed by atoms with Crippen LogP contribution in [0, 0.1) is 11.8 Å². The Morgan fingerprint density at radius 2 is 2.16 bits per heavy atom. The molecule has 0 aliphatic heterocycles. The van der Waals surface area contributed by atoms with Gasteiger partial charge in [0.15, 0.2) is 5.58 Å². The zero-order chi connectivity index (χ0) is 16.8. The van der Waals surface area contributed by atoms with Gasteiger partial charge in [0.05, 0.1) is 10.9 Å². The predicted octanol–water partition coefficient (Wildman–Crippen LogP) is 2.66. The maximum absolute atomic E-state index is 5.92. The third kappa shape index (κ3) is 2.54. The Bertz CT molecular complexity index is 1160. The SMILES string of the molecule is Nc1ncnc2[nH]cc(C#Cc3ccc4oc(NC5CC5)nc4c3)c12. The minimum absolute atomic E-state index is 0.415. The van der Waals surface area contributed by atoms with E-state index in [1.165, 1.54) is 19.2 Å². The largest absolute Gasteiger partial charge is 0.424 e. The molecule has 1 aromatic carbocycles. The standard InChI is InChI=1S/C18H14N6O/c19-16-15-11(8-20-17(15)22-9-21-16)3-1-10-2-6-14-13(7-10)24-18(25-14)23-12-4-5-12/h2,6-9,12H,4-5H2,(H,23,24)(H3,19,20,21,22). The summed E-state index contributed by atoms with van der Waals surface area (Å²) >= 11 is 0. The second kappa shape index (κ2) is 5.24. The number of rotatable bonds is 2. The summed E-state index contributed by atoms with van der Waals surface area (Å²) in [6.45, 7) is 0. The number of nitrogens with zero attached hydrogens (tertiary/aromatic N) is 3. The van der Waals surface area contributed by atoms with Crippen molar-refractivity contribution in [3.05, 3.63) is 41.9 Å². The molecule has 1 fully saturated rings. The molecular formula is C18H14N6O. The van der Waals surface area contributed by atoms with E-state index in [1.54, 1.807) is 6.20 Å². The van der Waals surface area contributed by atoms with Gasteiger partial charge in [-0.3, -0.25) is 0 Å². The summed E-state index contributed by atoms with van der Waals surface area (Å²) in [5, 5.41) is 4.00. The quantitative estimate of drug-likeness (QED) is 0.488. The summed E-state index contributed by atoms with van der Waals surface area (Å²) in [5.74, 6) is 6.68. The van der Waals surface area contributed by atoms with Crippen molar-refractivity contribution in [3.63, 3.8) is 0 Å². The van der Waals surface area contributed by atoms with Gasteiger partial charge >= 0.3 is 0 Å². The van der Waals surface area contributed by atoms with Gasteiger partial charge in [-0.15, -0.1) is 0 Å². The lowest BCUT2D eigenvalue weighted by molar-refractivity contribution is 0.614. The number of hydrogen-bond acceptors (Lipinski definition) is 6. The summed E-state index contributed by atoms with van der Waals surface area (Å²) in [4.78, 5) is 15.7. The molecule has 0 saturated heterocycles. The Labute approximate surface area is 142 Å². The van der Waals surface area contributed by atoms with Crippen molar-refractivity contribution in [1.82, 2.24) is 19.9 Å². The first-order valence-electron chi connectivity index (χ1n) is 8.03. The minimum atomic E-state index is 0.415. The second-order valence-electron chi connectivity index (χ2n) is 6.05. The Morgan fingerprint density at radius 3 is 3.04 bits per heavy atom. The van der Waals surface area contributed by atoms with Crippen LogP contribution < -0.4 is 11.1 Å². The number of nitrogens with one attached hydrogen (secondary N) is 2. The predicted molar refractivity (Wildman–Crippen MR) is 94.9 cm³/mol. The van der Waals surface area contributed by atoms with Gasteiger partial charge in [-0.1, -0.05) is 11.8 Å². The van der Waals surface area contributed by atoms with Gasteiger partial charge in [0.1, 0.15) is 23.3 Å². The van der Waals surface area contributed by atoms with E-state index in [2.05, 4.69) is 37.1 Å². The van der Waals surface area contributed by atoms with Crippen molar-refractivity contribution < 1.29 is 4.42 Å². The molecule has 1 aliphatic rings. The number of anilines is 2. The molecular weight excluding hydrogens is 316 g/mol. The van der Waals surface area contributed by atoms with Gasteiger partial charge in [0.25, 0.3) is 6.01 Å². The van der Waals surface area contributed by atoms with Crippen molar-refractivity contribution >= 4 is 34.0 Å². The molecule has 0 bridgehead atoms. The number of aromatic amines is 1. The molecule has 5 rings (SSSR count). The van der Waals surface area contributed by atoms with Gasteiger partial charge in [0.2, 0.25) is 0 Å². The van der Waals surface area contributed by atoms with Crippen molar-refractivity contribution in [2.45, 2.75) is 18.9 Å². The highest BCUT2D eigenvalue weighted by Gasteiger charge is 2.23. The Morgan fingerprint density at radius 1 is 1.24 bits per heavy atom. The molecule has 0 radical (unpaired) electrons. The topological polar surface area (TPSA) is 106 Å². The Kier molecular flexibility index (Phi) is 2.91. The molecule has 0 spiro atoms. The molecule has 25 heavy (non-hydrogen) atoms. The third-order valence-electron chi connectivity index (χ3n) is 4.13. The molecule has 0 atom stereocenters. The lowest BCUT2D eigenvalue weighted by Gasteiger charge is -1.94. The summed E-state index contributed by atoms with van der Waals surface area (Å²) in [5.41, 5.74) is 9.76. The van der Waals surface area contributed by atoms with Crippen LogP contribution in [0.2, 0.25) is 0 Å². The lowest BCUT2D eigenvalue weighted by atomic mass is 10.2. The van der Waals surface area contributed by atoms with Crippen LogP contribution in [0.3, 0.4) is 0 Å². The summed E-state index contributed by atoms with van der Waals surface area (Å²) in [7, 11) is 0. The fourth-order valence-corrected chi connectivity index (χ4v) is 2.69. The van der Waals surface area contributed by atoms with E-state index in [9.17, 15) is 0 Å². The Hall–Kier alpha value is -3.53. The first-order chi connectivity index (χ1) is 12.3. The molecule has 0 unspecified atom stereocenters. The summed E-state index contributed by atoms with van der Waals surface area (Å²) in [6, 6.07) is 6.79. The highest BCUT2D eigenvalue weighted by atomic mass is 16.4. The van der Waals surface area contributed by atoms with Crippen LogP contribution in [0.15, 0.2) is 35.1 Å². The average Bonchev–Trinajstić information content (AvgIpc) is 3.17. The van der Waals surface area contributed by atoms with E-state index < -0.39 is 0 Å². The molecule has 4 aromatic rings. The maximum Gasteiger partial charge on any atom is 0.295 e. The number of nitrogen functional groups attached to an aromatic ring is 1. The average molecular weight is 330 g/mol. The van der Waals surface area contributed by atoms with Crippen LogP contribution in [0.25, 0.3) is 22.1 Å². The monoisotopic (exact) mass is 330 g/mol. The normalized spacial score (nSPS) is 13.8. The fourth-order valence-electron chi connectivity index (χ4n) is 2.69. The molecule has 4 N–H and O–H groups in total. The van der Waals surface area contributed by atoms with Crippen LogP contribution >= 0.6 is 0 Å². The molecule has 0 amide bonds. The van der Waals surface area contributed by atoms with Gasteiger partial charge in [-0.2, -0.15) is 4.98 Å². The molecule has 122 valence electrons. The van der Waals surface area contributed by atoms with Gasteiger partial charge in [0, 0.05) is 17.8 Å². The van der Waals surface area contributed by atoms with Gasteiger partial charge in [-0.05, 0) is 31.0 Å². The zero-order valence-electron chi connectivity index (χ0n) is 13.2. The number of aromatic nitrogens is 4. The van der Waals surface area contributed by atoms with E-state index in [1.807, 2.05) is 18.2 Å². The Balaban J connectivity index is 1.50. The van der Waals surface area contributed by atoms with Crippen LogP contribution in [0.1, 0.15) is 24.0 Å². The summed E-state index contributed by atoms with van der Waals surface area (Å²) < 4.78 is 5.69. The molecule has 7 nitrogen and oxygen atoms in total. The number of H-pyrrole nitrogens is 1. The van der Waals surface area contributed by atoms with Crippen molar-refractivity contribution in [2.75, 3.05) is 11.1 Å². The van der Waals surface area contributed by atoms with E-state index in [0.29, 0.717) is 23.5 Å². The molecule has 3 heterocycles. The van der Waals surface area contributed by atoms with Crippen LogP contribution in [0.4, 0.5) is 11.8 Å². The van der Waals surface area contributed by atoms with E-state index in [0.717, 1.165) is 27.6 Å². The van der Waals surface area contributed by atoms with Gasteiger partial charge < -0.3 is 20.5 Å². The number of oxazole rings is 1. The first kappa shape index (κ1) is 13.9. The zero-order valence-corrected chi connectivity index (χ0v) is 13.2. The highest BCUT2D eigenvalue weighted by Crippen LogP contribution is 2.27. The van der Waals surface area contributed by atoms with E-state index in [4.69, 9.17) is 10.2 Å². The number of benzene rings is 1. The number of fused-ring (bicyclic) bond motifs is 2. The fraction of sp³-hybridized carbons (Fsp3) is 0.167. The molecule has 7 heteroatoms. The van der Waals surface area contributed by atoms with Crippen molar-refractivity contribution in [3.8, 4) is 11.8 Å². The first-order valence-corrected chi connectivity index (χ1v) is 8.03. The van der Waals surface area contributed by atoms with Crippen LogP contribution in [-0.2, 0) is 0 Å². The molecule has 1 saturated carbocycles. The van der Waals surface area contributed by atoms with E-state index in [-0.39, 0.29) is 0 Å². The highest BCUT2D eigenvalue weighted by molar-refractivity contribution is 5.91. The van der Waals surface area contributed by atoms with Crippen molar-refractivity contribution in [2.24, 2.45) is 0 Å². The molecule has 3 aromatic heterocycles. The van der Waals surface area contributed by atoms with Crippen LogP contribution in [-0.4, -0.2) is 26.0 Å². The summed E-state index contributed by atoms with van der Waals surface area (Å²) in [6.07, 6.45) is 5.56. The molecule has 1 aliphatic carbocycles. The minimum Gasteiger partial charge on any atom is -0.424 e. The number of nitrogens with two attached hydrogens (primary N) is 1. The second-order valence-corrected chi connectivity index (χ2v) is 6.05. The lowest BCUT2D eigenvalue weighted by Crippen LogP contribution is -2.00. The smallest absolute Gasteiger partial charge is 0.295 e. The maximum atomic E-state index is 5.92. The van der Waals surface area contributed by atoms with Crippen LogP contribution in [0.5, 0.6) is 0 Å². The van der Waals surface area contributed by atoms with Crippen molar-refractivity contribution in [1.29, 1.82) is 0 Å². The van der Waals surface area contributed by atoms with E-state index >= 15 is 0 Å². The number of hydrogen-bond donors (Lipinski definition) is 3.